The Kier molecular flexibility index (Phi) is 4.62. The molecule has 2 N–H and O–H groups in total. The molecule has 0 aliphatic rings. The molecule has 0 fully saturated rings. The first-order chi connectivity index (χ1) is 7.47. The van der Waals surface area contributed by atoms with Crippen LogP contribution in [0.3, 0.4) is 0 Å². The molecule has 90 valence electrons. The van der Waals surface area contributed by atoms with Crippen molar-refractivity contribution in [1.29, 1.82) is 0 Å². The predicted molar refractivity (Wildman–Crippen MR) is 67.4 cm³/mol. The molecule has 0 saturated carbocycles. The second-order valence-corrected chi connectivity index (χ2v) is 6.22. The summed E-state index contributed by atoms with van der Waals surface area (Å²) >= 11 is 5.76. The van der Waals surface area contributed by atoms with Crippen molar-refractivity contribution in [2.45, 2.75) is 31.1 Å². The molecule has 1 aromatic carbocycles. The van der Waals surface area contributed by atoms with E-state index in [4.69, 9.17) is 17.3 Å². The number of rotatable bonds is 5. The molecular weight excluding hydrogens is 246 g/mol. The van der Waals surface area contributed by atoms with E-state index < -0.39 is 9.84 Å². The minimum Gasteiger partial charge on any atom is -0.398 e. The molecule has 0 aliphatic carbocycles. The van der Waals surface area contributed by atoms with Gasteiger partial charge in [-0.15, -0.1) is 0 Å². The number of sulfone groups is 1. The average Bonchev–Trinajstić information content (AvgIpc) is 2.22. The summed E-state index contributed by atoms with van der Waals surface area (Å²) < 4.78 is 23.9. The molecule has 3 nitrogen and oxygen atoms in total. The molecule has 0 bridgehead atoms. The zero-order valence-corrected chi connectivity index (χ0v) is 10.8. The normalized spacial score (nSPS) is 11.6. The van der Waals surface area contributed by atoms with Gasteiger partial charge in [0.05, 0.1) is 16.3 Å². The van der Waals surface area contributed by atoms with Crippen LogP contribution in [0.5, 0.6) is 0 Å². The number of anilines is 1. The summed E-state index contributed by atoms with van der Waals surface area (Å²) in [5.74, 6) is 0.130. The molecule has 0 aliphatic heterocycles. The van der Waals surface area contributed by atoms with E-state index >= 15 is 0 Å². The minimum absolute atomic E-state index is 0.130. The van der Waals surface area contributed by atoms with Crippen LogP contribution in [0.15, 0.2) is 23.1 Å². The molecule has 0 heterocycles. The fourth-order valence-corrected chi connectivity index (χ4v) is 3.20. The SMILES string of the molecule is CCCCCS(=O)(=O)c1cc(Cl)ccc1N. The lowest BCUT2D eigenvalue weighted by molar-refractivity contribution is 0.591. The van der Waals surface area contributed by atoms with E-state index in [9.17, 15) is 8.42 Å². The Bertz CT molecular complexity index is 457. The van der Waals surface area contributed by atoms with Gasteiger partial charge in [-0.3, -0.25) is 0 Å². The van der Waals surface area contributed by atoms with Gasteiger partial charge >= 0.3 is 0 Å². The molecule has 0 atom stereocenters. The standard InChI is InChI=1S/C11H16ClNO2S/c1-2-3-4-7-16(14,15)11-8-9(12)5-6-10(11)13/h5-6,8H,2-4,7,13H2,1H3. The Morgan fingerprint density at radius 3 is 2.62 bits per heavy atom. The fraction of sp³-hybridized carbons (Fsp3) is 0.455. The predicted octanol–water partition coefficient (Wildman–Crippen LogP) is 2.89. The Morgan fingerprint density at radius 1 is 1.31 bits per heavy atom. The van der Waals surface area contributed by atoms with E-state index in [1.165, 1.54) is 12.1 Å². The molecule has 1 rings (SSSR count). The van der Waals surface area contributed by atoms with Gasteiger partial charge in [-0.25, -0.2) is 8.42 Å². The Balaban J connectivity index is 2.93. The lowest BCUT2D eigenvalue weighted by atomic mass is 10.3. The largest absolute Gasteiger partial charge is 0.398 e. The summed E-state index contributed by atoms with van der Waals surface area (Å²) in [5, 5.41) is 0.392. The van der Waals surface area contributed by atoms with Gasteiger partial charge in [0, 0.05) is 5.02 Å². The monoisotopic (exact) mass is 261 g/mol. The van der Waals surface area contributed by atoms with Crippen LogP contribution in [0, 0.1) is 0 Å². The first-order valence-electron chi connectivity index (χ1n) is 5.25. The lowest BCUT2D eigenvalue weighted by Crippen LogP contribution is -2.09. The van der Waals surface area contributed by atoms with E-state index in [0.29, 0.717) is 11.4 Å². The number of benzene rings is 1. The van der Waals surface area contributed by atoms with Gasteiger partial charge in [-0.05, 0) is 24.6 Å². The fourth-order valence-electron chi connectivity index (χ4n) is 1.43. The second-order valence-electron chi connectivity index (χ2n) is 3.71. The molecule has 0 spiro atoms. The quantitative estimate of drug-likeness (QED) is 0.655. The number of hydrogen-bond acceptors (Lipinski definition) is 3. The van der Waals surface area contributed by atoms with Crippen LogP contribution in [-0.2, 0) is 9.84 Å². The van der Waals surface area contributed by atoms with Crippen molar-refractivity contribution in [3.05, 3.63) is 23.2 Å². The van der Waals surface area contributed by atoms with Crippen molar-refractivity contribution in [3.63, 3.8) is 0 Å². The van der Waals surface area contributed by atoms with Gasteiger partial charge < -0.3 is 5.73 Å². The maximum atomic E-state index is 11.9. The molecule has 0 aromatic heterocycles. The van der Waals surface area contributed by atoms with Gasteiger partial charge in [0.25, 0.3) is 0 Å². The van der Waals surface area contributed by atoms with E-state index in [1.807, 2.05) is 6.92 Å². The van der Waals surface area contributed by atoms with E-state index in [1.54, 1.807) is 6.07 Å². The molecule has 0 saturated heterocycles. The van der Waals surface area contributed by atoms with Gasteiger partial charge in [0.2, 0.25) is 0 Å². The molecule has 1 aromatic rings. The smallest absolute Gasteiger partial charge is 0.180 e. The van der Waals surface area contributed by atoms with Gasteiger partial charge in [-0.2, -0.15) is 0 Å². The zero-order valence-electron chi connectivity index (χ0n) is 9.24. The van der Waals surface area contributed by atoms with Crippen molar-refractivity contribution in [2.75, 3.05) is 11.5 Å². The zero-order chi connectivity index (χ0) is 12.2. The third-order valence-corrected chi connectivity index (χ3v) is 4.41. The number of halogens is 1. The van der Waals surface area contributed by atoms with Crippen molar-refractivity contribution in [2.24, 2.45) is 0 Å². The molecule has 0 amide bonds. The highest BCUT2D eigenvalue weighted by molar-refractivity contribution is 7.91. The number of unbranched alkanes of at least 4 members (excludes halogenated alkanes) is 2. The highest BCUT2D eigenvalue weighted by Crippen LogP contribution is 2.24. The number of hydrogen-bond donors (Lipinski definition) is 1. The highest BCUT2D eigenvalue weighted by Gasteiger charge is 2.17. The maximum absolute atomic E-state index is 11.9. The highest BCUT2D eigenvalue weighted by atomic mass is 35.5. The van der Waals surface area contributed by atoms with Gasteiger partial charge in [0.1, 0.15) is 0 Å². The number of nitrogens with two attached hydrogens (primary N) is 1. The Labute approximate surface area is 102 Å². The first-order valence-corrected chi connectivity index (χ1v) is 7.28. The van der Waals surface area contributed by atoms with Gasteiger partial charge in [-0.1, -0.05) is 31.4 Å². The molecule has 0 unspecified atom stereocenters. The first kappa shape index (κ1) is 13.3. The van der Waals surface area contributed by atoms with Crippen LogP contribution in [0.2, 0.25) is 5.02 Å². The molecule has 16 heavy (non-hydrogen) atoms. The van der Waals surface area contributed by atoms with E-state index in [-0.39, 0.29) is 16.3 Å². The van der Waals surface area contributed by atoms with E-state index in [2.05, 4.69) is 0 Å². The van der Waals surface area contributed by atoms with Crippen molar-refractivity contribution in [3.8, 4) is 0 Å². The van der Waals surface area contributed by atoms with Crippen LogP contribution in [0.25, 0.3) is 0 Å². The Morgan fingerprint density at radius 2 is 2.00 bits per heavy atom. The van der Waals surface area contributed by atoms with Crippen molar-refractivity contribution >= 4 is 27.1 Å². The number of nitrogen functional groups attached to an aromatic ring is 1. The topological polar surface area (TPSA) is 60.2 Å². The van der Waals surface area contributed by atoms with Crippen LogP contribution in [-0.4, -0.2) is 14.2 Å². The molecular formula is C11H16ClNO2S. The summed E-state index contributed by atoms with van der Waals surface area (Å²) in [5.41, 5.74) is 5.91. The van der Waals surface area contributed by atoms with E-state index in [0.717, 1.165) is 12.8 Å². The summed E-state index contributed by atoms with van der Waals surface area (Å²) in [6, 6.07) is 4.52. The Hall–Kier alpha value is -0.740. The summed E-state index contributed by atoms with van der Waals surface area (Å²) in [6.45, 7) is 2.03. The third-order valence-electron chi connectivity index (χ3n) is 2.33. The maximum Gasteiger partial charge on any atom is 0.180 e. The van der Waals surface area contributed by atoms with Crippen molar-refractivity contribution < 1.29 is 8.42 Å². The van der Waals surface area contributed by atoms with Crippen LogP contribution >= 0.6 is 11.6 Å². The van der Waals surface area contributed by atoms with Crippen LogP contribution in [0.4, 0.5) is 5.69 Å². The summed E-state index contributed by atoms with van der Waals surface area (Å²) in [4.78, 5) is 0.149. The average molecular weight is 262 g/mol. The molecule has 5 heteroatoms. The van der Waals surface area contributed by atoms with Crippen LogP contribution < -0.4 is 5.73 Å². The lowest BCUT2D eigenvalue weighted by Gasteiger charge is -2.07. The summed E-state index contributed by atoms with van der Waals surface area (Å²) in [7, 11) is -3.30. The van der Waals surface area contributed by atoms with Crippen LogP contribution in [0.1, 0.15) is 26.2 Å². The second kappa shape index (κ2) is 5.55. The third kappa shape index (κ3) is 3.39. The minimum atomic E-state index is -3.30. The van der Waals surface area contributed by atoms with Gasteiger partial charge in [0.15, 0.2) is 9.84 Å². The summed E-state index contributed by atoms with van der Waals surface area (Å²) in [6.07, 6.45) is 2.55. The molecule has 0 radical (unpaired) electrons. The van der Waals surface area contributed by atoms with Crippen molar-refractivity contribution in [1.82, 2.24) is 0 Å².